The Balaban J connectivity index is 1.87. The molecular weight excluding hydrogens is 218 g/mol. The summed E-state index contributed by atoms with van der Waals surface area (Å²) in [5.74, 6) is 4.45. The van der Waals surface area contributed by atoms with Gasteiger partial charge < -0.3 is 4.90 Å². The van der Waals surface area contributed by atoms with Crippen LogP contribution in [0.3, 0.4) is 0 Å². The van der Waals surface area contributed by atoms with Gasteiger partial charge in [-0.15, -0.1) is 6.42 Å². The monoisotopic (exact) mass is 241 g/mol. The van der Waals surface area contributed by atoms with E-state index in [1.54, 1.807) is 0 Å². The van der Waals surface area contributed by atoms with Crippen LogP contribution in [0.2, 0.25) is 0 Å². The second kappa shape index (κ2) is 6.07. The molecule has 0 saturated carbocycles. The molecule has 0 spiro atoms. The van der Waals surface area contributed by atoms with Crippen molar-refractivity contribution in [3.63, 3.8) is 0 Å². The summed E-state index contributed by atoms with van der Waals surface area (Å²) in [4.78, 5) is 2.60. The van der Waals surface area contributed by atoms with Gasteiger partial charge in [0, 0.05) is 25.2 Å². The zero-order valence-electron chi connectivity index (χ0n) is 11.5. The molecule has 1 aromatic rings. The molecule has 0 radical (unpaired) electrons. The summed E-state index contributed by atoms with van der Waals surface area (Å²) in [6.45, 7) is 8.38. The number of benzene rings is 1. The molecule has 0 aromatic heterocycles. The molecule has 1 aliphatic rings. The maximum Gasteiger partial charge on any atom is 0.0245 e. The molecule has 1 heteroatoms. The highest BCUT2D eigenvalue weighted by Gasteiger charge is 2.27. The van der Waals surface area contributed by atoms with Gasteiger partial charge in [-0.1, -0.05) is 38.3 Å². The summed E-state index contributed by atoms with van der Waals surface area (Å²) in [7, 11) is 0. The van der Waals surface area contributed by atoms with Gasteiger partial charge >= 0.3 is 0 Å². The fraction of sp³-hybridized carbons (Fsp3) is 0.529. The van der Waals surface area contributed by atoms with E-state index in [2.05, 4.69) is 42.9 Å². The molecule has 96 valence electrons. The molecule has 2 rings (SSSR count). The lowest BCUT2D eigenvalue weighted by Gasteiger charge is -2.15. The highest BCUT2D eigenvalue weighted by atomic mass is 15.1. The molecule has 1 heterocycles. The van der Waals surface area contributed by atoms with E-state index >= 15 is 0 Å². The third-order valence-corrected chi connectivity index (χ3v) is 4.18. The van der Waals surface area contributed by atoms with Crippen LogP contribution in [0.1, 0.15) is 31.4 Å². The van der Waals surface area contributed by atoms with Crippen LogP contribution in [-0.4, -0.2) is 24.5 Å². The van der Waals surface area contributed by atoms with Gasteiger partial charge in [-0.05, 0) is 36.0 Å². The Morgan fingerprint density at radius 3 is 2.89 bits per heavy atom. The normalized spacial score (nSPS) is 24.1. The summed E-state index contributed by atoms with van der Waals surface area (Å²) < 4.78 is 0. The summed E-state index contributed by atoms with van der Waals surface area (Å²) in [5, 5.41) is 0. The third-order valence-electron chi connectivity index (χ3n) is 4.18. The minimum Gasteiger partial charge on any atom is -0.302 e. The Kier molecular flexibility index (Phi) is 4.44. The average molecular weight is 241 g/mol. The van der Waals surface area contributed by atoms with Crippen LogP contribution in [0.15, 0.2) is 24.3 Å². The van der Waals surface area contributed by atoms with Gasteiger partial charge in [-0.25, -0.2) is 0 Å². The molecule has 0 N–H and O–H groups in total. The van der Waals surface area contributed by atoms with Crippen molar-refractivity contribution in [2.24, 2.45) is 11.8 Å². The topological polar surface area (TPSA) is 3.24 Å². The third kappa shape index (κ3) is 3.15. The Bertz CT molecular complexity index is 429. The first-order valence-electron chi connectivity index (χ1n) is 7.00. The average Bonchev–Trinajstić information content (AvgIpc) is 2.77. The molecule has 1 aromatic carbocycles. The van der Waals surface area contributed by atoms with Gasteiger partial charge in [0.25, 0.3) is 0 Å². The zero-order chi connectivity index (χ0) is 13.0. The lowest BCUT2D eigenvalue weighted by molar-refractivity contribution is 0.325. The van der Waals surface area contributed by atoms with Crippen molar-refractivity contribution in [3.8, 4) is 12.3 Å². The summed E-state index contributed by atoms with van der Waals surface area (Å²) in [5.41, 5.74) is 2.35. The zero-order valence-corrected chi connectivity index (χ0v) is 11.5. The van der Waals surface area contributed by atoms with Gasteiger partial charge in [-0.2, -0.15) is 0 Å². The van der Waals surface area contributed by atoms with Crippen molar-refractivity contribution < 1.29 is 0 Å². The van der Waals surface area contributed by atoms with Crippen molar-refractivity contribution in [1.82, 2.24) is 4.90 Å². The van der Waals surface area contributed by atoms with Crippen molar-refractivity contribution in [2.45, 2.75) is 26.7 Å². The predicted molar refractivity (Wildman–Crippen MR) is 77.5 cm³/mol. The number of terminal acetylenes is 1. The van der Waals surface area contributed by atoms with Gasteiger partial charge in [0.2, 0.25) is 0 Å². The first kappa shape index (κ1) is 13.2. The standard InChI is InChI=1S/C17H23N/c1-4-15-7-6-8-16(11-15)9-10-18-12-14(3)17(5-2)13-18/h1,6-8,11,14,17H,5,9-10,12-13H2,2-3H3/t14-,17-/m1/s1. The Labute approximate surface area is 111 Å². The molecule has 0 aliphatic carbocycles. The predicted octanol–water partition coefficient (Wildman–Crippen LogP) is 3.19. The molecule has 0 bridgehead atoms. The lowest BCUT2D eigenvalue weighted by atomic mass is 9.96. The van der Waals surface area contributed by atoms with Crippen LogP contribution >= 0.6 is 0 Å². The summed E-state index contributed by atoms with van der Waals surface area (Å²) >= 11 is 0. The molecule has 1 aliphatic heterocycles. The number of likely N-dealkylation sites (tertiary alicyclic amines) is 1. The lowest BCUT2D eigenvalue weighted by Crippen LogP contribution is -2.23. The quantitative estimate of drug-likeness (QED) is 0.732. The minimum atomic E-state index is 0.854. The fourth-order valence-electron chi connectivity index (χ4n) is 2.96. The van der Waals surface area contributed by atoms with Crippen LogP contribution in [-0.2, 0) is 6.42 Å². The van der Waals surface area contributed by atoms with Crippen LogP contribution in [0.5, 0.6) is 0 Å². The second-order valence-corrected chi connectivity index (χ2v) is 5.50. The van der Waals surface area contributed by atoms with E-state index < -0.39 is 0 Å². The van der Waals surface area contributed by atoms with Crippen molar-refractivity contribution in [3.05, 3.63) is 35.4 Å². The highest BCUT2D eigenvalue weighted by molar-refractivity contribution is 5.35. The van der Waals surface area contributed by atoms with Gasteiger partial charge in [-0.3, -0.25) is 0 Å². The molecule has 1 fully saturated rings. The van der Waals surface area contributed by atoms with Crippen molar-refractivity contribution in [2.75, 3.05) is 19.6 Å². The van der Waals surface area contributed by atoms with Gasteiger partial charge in [0.05, 0.1) is 0 Å². The molecule has 18 heavy (non-hydrogen) atoms. The Hall–Kier alpha value is -1.26. The maximum absolute atomic E-state index is 5.43. The fourth-order valence-corrected chi connectivity index (χ4v) is 2.96. The molecule has 2 atom stereocenters. The van der Waals surface area contributed by atoms with Gasteiger partial charge in [0.1, 0.15) is 0 Å². The van der Waals surface area contributed by atoms with E-state index in [1.165, 1.54) is 25.1 Å². The van der Waals surface area contributed by atoms with Crippen LogP contribution in [0.25, 0.3) is 0 Å². The Morgan fingerprint density at radius 1 is 1.39 bits per heavy atom. The van der Waals surface area contributed by atoms with E-state index in [9.17, 15) is 0 Å². The highest BCUT2D eigenvalue weighted by Crippen LogP contribution is 2.25. The molecular formula is C17H23N. The second-order valence-electron chi connectivity index (χ2n) is 5.50. The van der Waals surface area contributed by atoms with Crippen molar-refractivity contribution >= 4 is 0 Å². The van der Waals surface area contributed by atoms with Gasteiger partial charge in [0.15, 0.2) is 0 Å². The largest absolute Gasteiger partial charge is 0.302 e. The van der Waals surface area contributed by atoms with E-state index in [0.717, 1.165) is 30.4 Å². The summed E-state index contributed by atoms with van der Waals surface area (Å²) in [6.07, 6.45) is 7.85. The number of hydrogen-bond donors (Lipinski definition) is 0. The van der Waals surface area contributed by atoms with E-state index in [4.69, 9.17) is 6.42 Å². The van der Waals surface area contributed by atoms with E-state index in [1.807, 2.05) is 6.07 Å². The number of hydrogen-bond acceptors (Lipinski definition) is 1. The molecule has 1 saturated heterocycles. The Morgan fingerprint density at radius 2 is 2.22 bits per heavy atom. The van der Waals surface area contributed by atoms with Crippen LogP contribution in [0.4, 0.5) is 0 Å². The molecule has 0 amide bonds. The van der Waals surface area contributed by atoms with Crippen LogP contribution < -0.4 is 0 Å². The molecule has 0 unspecified atom stereocenters. The van der Waals surface area contributed by atoms with Crippen LogP contribution in [0, 0.1) is 24.2 Å². The number of rotatable bonds is 4. The first-order chi connectivity index (χ1) is 8.72. The molecule has 1 nitrogen and oxygen atoms in total. The smallest absolute Gasteiger partial charge is 0.0245 e. The SMILES string of the molecule is C#Cc1cccc(CCN2C[C@@H](CC)[C@H](C)C2)c1. The van der Waals surface area contributed by atoms with E-state index in [0.29, 0.717) is 0 Å². The van der Waals surface area contributed by atoms with Crippen molar-refractivity contribution in [1.29, 1.82) is 0 Å². The minimum absolute atomic E-state index is 0.854. The van der Waals surface area contributed by atoms with E-state index in [-0.39, 0.29) is 0 Å². The maximum atomic E-state index is 5.43. The number of nitrogens with zero attached hydrogens (tertiary/aromatic N) is 1. The first-order valence-corrected chi connectivity index (χ1v) is 7.00. The summed E-state index contributed by atoms with van der Waals surface area (Å²) in [6, 6.07) is 8.37.